The first-order chi connectivity index (χ1) is 8.36. The van der Waals surface area contributed by atoms with Gasteiger partial charge in [-0.3, -0.25) is 0 Å². The number of aliphatic hydroxyl groups excluding tert-OH is 1. The Labute approximate surface area is 108 Å². The maximum absolute atomic E-state index is 11.0. The monoisotopic (exact) mass is 250 g/mol. The molecule has 0 spiro atoms. The molecule has 0 aromatic rings. The molecule has 100 valence electrons. The maximum atomic E-state index is 11.0. The van der Waals surface area contributed by atoms with Gasteiger partial charge in [0.1, 0.15) is 0 Å². The second-order valence-electron chi connectivity index (χ2n) is 6.01. The van der Waals surface area contributed by atoms with Gasteiger partial charge in [-0.2, -0.15) is 0 Å². The van der Waals surface area contributed by atoms with Crippen LogP contribution in [0, 0.1) is 17.3 Å². The lowest BCUT2D eigenvalue weighted by atomic mass is 9.57. The van der Waals surface area contributed by atoms with Gasteiger partial charge in [-0.15, -0.1) is 0 Å². The zero-order valence-corrected chi connectivity index (χ0v) is 11.1. The molecule has 2 rings (SSSR count). The molecule has 1 fully saturated rings. The molecule has 0 heterocycles. The molecule has 4 unspecified atom stereocenters. The molecule has 0 amide bonds. The quantitative estimate of drug-likeness (QED) is 0.585. The number of fused-ring (bicyclic) bond motifs is 1. The molecule has 2 aliphatic carbocycles. The van der Waals surface area contributed by atoms with E-state index in [-0.39, 0.29) is 23.4 Å². The summed E-state index contributed by atoms with van der Waals surface area (Å²) in [6, 6.07) is 0. The van der Waals surface area contributed by atoms with Crippen molar-refractivity contribution in [2.45, 2.75) is 45.6 Å². The van der Waals surface area contributed by atoms with Gasteiger partial charge in [0.15, 0.2) is 0 Å². The number of carboxylic acid groups (broad SMARTS) is 1. The predicted molar refractivity (Wildman–Crippen MR) is 70.1 cm³/mol. The summed E-state index contributed by atoms with van der Waals surface area (Å²) in [6.07, 6.45) is 5.25. The highest BCUT2D eigenvalue weighted by molar-refractivity contribution is 5.86. The minimum atomic E-state index is -0.899. The molecule has 0 bridgehead atoms. The highest BCUT2D eigenvalue weighted by atomic mass is 16.4. The lowest BCUT2D eigenvalue weighted by molar-refractivity contribution is -0.133. The van der Waals surface area contributed by atoms with Gasteiger partial charge in [-0.25, -0.2) is 4.79 Å². The molecule has 2 aliphatic rings. The van der Waals surface area contributed by atoms with E-state index in [0.717, 1.165) is 25.7 Å². The van der Waals surface area contributed by atoms with E-state index in [4.69, 9.17) is 5.11 Å². The van der Waals surface area contributed by atoms with Gasteiger partial charge in [-0.1, -0.05) is 32.1 Å². The van der Waals surface area contributed by atoms with E-state index in [0.29, 0.717) is 5.57 Å². The summed E-state index contributed by atoms with van der Waals surface area (Å²) in [4.78, 5) is 11.0. The van der Waals surface area contributed by atoms with Crippen molar-refractivity contribution < 1.29 is 15.0 Å². The van der Waals surface area contributed by atoms with Crippen LogP contribution in [-0.2, 0) is 4.79 Å². The number of allylic oxidation sites excluding steroid dienone is 2. The standard InChI is InChI=1S/C15H22O3/c1-9(14(17)18)11-4-5-12-6-7-13(16)10(2)15(12,3)8-11/h5,10-11,13,16H,1,4,6-8H2,2-3H3,(H,17,18). The Bertz CT molecular complexity index is 410. The minimum Gasteiger partial charge on any atom is -0.478 e. The topological polar surface area (TPSA) is 57.5 Å². The third kappa shape index (κ3) is 2.01. The fourth-order valence-electron chi connectivity index (χ4n) is 3.53. The first-order valence-corrected chi connectivity index (χ1v) is 6.66. The lowest BCUT2D eigenvalue weighted by Gasteiger charge is -2.49. The third-order valence-corrected chi connectivity index (χ3v) is 5.11. The molecule has 3 nitrogen and oxygen atoms in total. The summed E-state index contributed by atoms with van der Waals surface area (Å²) in [5, 5.41) is 19.1. The predicted octanol–water partition coefficient (Wildman–Crippen LogP) is 2.76. The Balaban J connectivity index is 2.26. The van der Waals surface area contributed by atoms with Crippen molar-refractivity contribution in [3.63, 3.8) is 0 Å². The molecular formula is C15H22O3. The van der Waals surface area contributed by atoms with Crippen molar-refractivity contribution in [3.8, 4) is 0 Å². The third-order valence-electron chi connectivity index (χ3n) is 5.11. The Morgan fingerprint density at radius 3 is 2.83 bits per heavy atom. The van der Waals surface area contributed by atoms with Crippen molar-refractivity contribution in [2.24, 2.45) is 17.3 Å². The highest BCUT2D eigenvalue weighted by Gasteiger charge is 2.45. The van der Waals surface area contributed by atoms with Gasteiger partial charge in [-0.05, 0) is 42.9 Å². The normalized spacial score (nSPS) is 39.7. The van der Waals surface area contributed by atoms with E-state index >= 15 is 0 Å². The number of aliphatic carboxylic acids is 1. The van der Waals surface area contributed by atoms with Crippen LogP contribution < -0.4 is 0 Å². The molecule has 4 atom stereocenters. The zero-order valence-electron chi connectivity index (χ0n) is 11.1. The van der Waals surface area contributed by atoms with Crippen molar-refractivity contribution in [2.75, 3.05) is 0 Å². The molecule has 3 heteroatoms. The van der Waals surface area contributed by atoms with Crippen molar-refractivity contribution in [1.29, 1.82) is 0 Å². The van der Waals surface area contributed by atoms with Crippen molar-refractivity contribution >= 4 is 5.97 Å². The number of hydrogen-bond acceptors (Lipinski definition) is 2. The molecule has 18 heavy (non-hydrogen) atoms. The van der Waals surface area contributed by atoms with E-state index in [2.05, 4.69) is 26.5 Å². The second-order valence-corrected chi connectivity index (χ2v) is 6.01. The first-order valence-electron chi connectivity index (χ1n) is 6.66. The summed E-state index contributed by atoms with van der Waals surface area (Å²) in [7, 11) is 0. The molecule has 0 aromatic heterocycles. The minimum absolute atomic E-state index is 0.00370. The summed E-state index contributed by atoms with van der Waals surface area (Å²) in [6.45, 7) is 7.93. The number of carbonyl (C=O) groups is 1. The molecule has 0 aromatic carbocycles. The van der Waals surface area contributed by atoms with Crippen LogP contribution in [-0.4, -0.2) is 22.3 Å². The van der Waals surface area contributed by atoms with Crippen LogP contribution in [0.2, 0.25) is 0 Å². The van der Waals surface area contributed by atoms with Gasteiger partial charge in [0.05, 0.1) is 6.10 Å². The number of aliphatic hydroxyl groups is 1. The molecule has 0 aliphatic heterocycles. The van der Waals surface area contributed by atoms with Crippen LogP contribution >= 0.6 is 0 Å². The number of hydrogen-bond donors (Lipinski definition) is 2. The van der Waals surface area contributed by atoms with E-state index in [1.807, 2.05) is 0 Å². The van der Waals surface area contributed by atoms with Gasteiger partial charge < -0.3 is 10.2 Å². The molecule has 0 saturated heterocycles. The molecular weight excluding hydrogens is 228 g/mol. The number of rotatable bonds is 2. The summed E-state index contributed by atoms with van der Waals surface area (Å²) in [5.41, 5.74) is 1.63. The smallest absolute Gasteiger partial charge is 0.331 e. The fraction of sp³-hybridized carbons (Fsp3) is 0.667. The van der Waals surface area contributed by atoms with Gasteiger partial charge in [0, 0.05) is 5.57 Å². The summed E-state index contributed by atoms with van der Waals surface area (Å²) < 4.78 is 0. The van der Waals surface area contributed by atoms with Crippen LogP contribution in [0.5, 0.6) is 0 Å². The van der Waals surface area contributed by atoms with E-state index in [9.17, 15) is 9.90 Å². The van der Waals surface area contributed by atoms with Crippen LogP contribution in [0.4, 0.5) is 0 Å². The summed E-state index contributed by atoms with van der Waals surface area (Å²) in [5.74, 6) is -0.713. The van der Waals surface area contributed by atoms with Crippen LogP contribution in [0.25, 0.3) is 0 Å². The SMILES string of the molecule is C=C(C(=O)O)C1CC=C2CCC(O)C(C)C2(C)C1. The average molecular weight is 250 g/mol. The van der Waals surface area contributed by atoms with Crippen LogP contribution in [0.1, 0.15) is 39.5 Å². The van der Waals surface area contributed by atoms with E-state index < -0.39 is 5.97 Å². The van der Waals surface area contributed by atoms with E-state index in [1.165, 1.54) is 5.57 Å². The van der Waals surface area contributed by atoms with Gasteiger partial charge >= 0.3 is 5.97 Å². The second kappa shape index (κ2) is 4.54. The Morgan fingerprint density at radius 1 is 1.56 bits per heavy atom. The van der Waals surface area contributed by atoms with Gasteiger partial charge in [0.2, 0.25) is 0 Å². The fourth-order valence-corrected chi connectivity index (χ4v) is 3.53. The first kappa shape index (κ1) is 13.3. The van der Waals surface area contributed by atoms with Crippen LogP contribution in [0.3, 0.4) is 0 Å². The maximum Gasteiger partial charge on any atom is 0.331 e. The highest BCUT2D eigenvalue weighted by Crippen LogP contribution is 2.52. The summed E-state index contributed by atoms with van der Waals surface area (Å²) >= 11 is 0. The van der Waals surface area contributed by atoms with Crippen LogP contribution in [0.15, 0.2) is 23.8 Å². The lowest BCUT2D eigenvalue weighted by Crippen LogP contribution is -2.43. The average Bonchev–Trinajstić information content (AvgIpc) is 2.33. The van der Waals surface area contributed by atoms with Crippen molar-refractivity contribution in [3.05, 3.63) is 23.8 Å². The number of carboxylic acids is 1. The Hall–Kier alpha value is -1.09. The Kier molecular flexibility index (Phi) is 3.37. The Morgan fingerprint density at radius 2 is 2.22 bits per heavy atom. The molecule has 2 N–H and O–H groups in total. The molecule has 0 radical (unpaired) electrons. The zero-order chi connectivity index (χ0) is 13.5. The van der Waals surface area contributed by atoms with E-state index in [1.54, 1.807) is 0 Å². The van der Waals surface area contributed by atoms with Gasteiger partial charge in [0.25, 0.3) is 0 Å². The molecule has 1 saturated carbocycles. The van der Waals surface area contributed by atoms with Crippen molar-refractivity contribution in [1.82, 2.24) is 0 Å². The largest absolute Gasteiger partial charge is 0.478 e.